The molecular weight excluding hydrogens is 348 g/mol. The zero-order valence-electron chi connectivity index (χ0n) is 15.8. The fraction of sp³-hybridized carbons (Fsp3) is 0.364. The van der Waals surface area contributed by atoms with Crippen LogP contribution in [0.2, 0.25) is 0 Å². The van der Waals surface area contributed by atoms with Crippen molar-refractivity contribution in [2.75, 3.05) is 0 Å². The number of carbonyl (C=O) groups excluding carboxylic acids is 1. The summed E-state index contributed by atoms with van der Waals surface area (Å²) >= 11 is 5.37. The van der Waals surface area contributed by atoms with E-state index in [1.807, 2.05) is 88.4 Å². The Labute approximate surface area is 161 Å². The first-order chi connectivity index (χ1) is 12.0. The van der Waals surface area contributed by atoms with Gasteiger partial charge in [-0.25, -0.2) is 0 Å². The Morgan fingerprint density at radius 3 is 1.42 bits per heavy atom. The maximum Gasteiger partial charge on any atom is 0.304 e. The van der Waals surface area contributed by atoms with Crippen LogP contribution in [0.4, 0.5) is 0 Å². The highest BCUT2D eigenvalue weighted by molar-refractivity contribution is 6.63. The fourth-order valence-corrected chi connectivity index (χ4v) is 3.04. The monoisotopic (exact) mass is 374 g/mol. The fourth-order valence-electron chi connectivity index (χ4n) is 2.71. The summed E-state index contributed by atoms with van der Waals surface area (Å²) in [5.74, 6) is -0.756. The number of carboxylic acids is 1. The van der Waals surface area contributed by atoms with Crippen LogP contribution in [0.5, 0.6) is 0 Å². The van der Waals surface area contributed by atoms with E-state index in [1.54, 1.807) is 0 Å². The molecule has 0 heterocycles. The number of aliphatic carboxylic acids is 1. The summed E-state index contributed by atoms with van der Waals surface area (Å²) in [7, 11) is 0. The zero-order chi connectivity index (χ0) is 19.8. The first-order valence-corrected chi connectivity index (χ1v) is 8.93. The van der Waals surface area contributed by atoms with Gasteiger partial charge in [-0.05, 0) is 28.1 Å². The minimum atomic E-state index is -0.756. The molecule has 0 aliphatic rings. The molecule has 0 saturated heterocycles. The van der Waals surface area contributed by atoms with E-state index in [0.717, 1.165) is 11.1 Å². The van der Waals surface area contributed by atoms with Crippen molar-refractivity contribution in [2.24, 2.45) is 0 Å². The molecule has 140 valence electrons. The second kappa shape index (κ2) is 9.54. The Balaban J connectivity index is 0.000000260. The standard InChI is InChI=1S/C11H13ClO.C11H14O2/c2*1-11(2,8-10(12)13)9-6-4-3-5-7-9/h3-7H,8H2,1-2H3;3-7H,8H2,1-2H3,(H,12,13). The molecule has 0 amide bonds. The van der Waals surface area contributed by atoms with Crippen LogP contribution in [0.3, 0.4) is 0 Å². The molecular formula is C22H27ClO3. The third-order valence-electron chi connectivity index (χ3n) is 4.28. The highest BCUT2D eigenvalue weighted by atomic mass is 35.5. The number of hydrogen-bond donors (Lipinski definition) is 1. The van der Waals surface area contributed by atoms with Crippen molar-refractivity contribution >= 4 is 22.8 Å². The molecule has 4 heteroatoms. The predicted molar refractivity (Wildman–Crippen MR) is 107 cm³/mol. The van der Waals surface area contributed by atoms with Crippen LogP contribution >= 0.6 is 11.6 Å². The molecule has 0 saturated carbocycles. The predicted octanol–water partition coefficient (Wildman–Crippen LogP) is 5.56. The van der Waals surface area contributed by atoms with Crippen LogP contribution < -0.4 is 0 Å². The van der Waals surface area contributed by atoms with Gasteiger partial charge in [0.05, 0.1) is 6.42 Å². The molecule has 0 aliphatic heterocycles. The third kappa shape index (κ3) is 7.40. The Bertz CT molecular complexity index is 643. The molecule has 0 aromatic heterocycles. The van der Waals surface area contributed by atoms with Gasteiger partial charge < -0.3 is 5.11 Å². The number of carboxylic acid groups (broad SMARTS) is 1. The first-order valence-electron chi connectivity index (χ1n) is 8.56. The number of rotatable bonds is 6. The van der Waals surface area contributed by atoms with Crippen LogP contribution in [-0.4, -0.2) is 16.3 Å². The molecule has 0 atom stereocenters. The van der Waals surface area contributed by atoms with Crippen molar-refractivity contribution < 1.29 is 14.7 Å². The van der Waals surface area contributed by atoms with E-state index in [2.05, 4.69) is 0 Å². The molecule has 0 spiro atoms. The van der Waals surface area contributed by atoms with Crippen molar-refractivity contribution in [1.82, 2.24) is 0 Å². The summed E-state index contributed by atoms with van der Waals surface area (Å²) in [6, 6.07) is 19.6. The van der Waals surface area contributed by atoms with Gasteiger partial charge in [-0.1, -0.05) is 88.4 Å². The van der Waals surface area contributed by atoms with Crippen molar-refractivity contribution in [3.63, 3.8) is 0 Å². The molecule has 26 heavy (non-hydrogen) atoms. The first kappa shape index (κ1) is 21.9. The van der Waals surface area contributed by atoms with E-state index < -0.39 is 5.97 Å². The van der Waals surface area contributed by atoms with Crippen molar-refractivity contribution in [1.29, 1.82) is 0 Å². The van der Waals surface area contributed by atoms with Crippen LogP contribution in [0.15, 0.2) is 60.7 Å². The average molecular weight is 375 g/mol. The maximum absolute atomic E-state index is 10.8. The van der Waals surface area contributed by atoms with Crippen LogP contribution in [0.25, 0.3) is 0 Å². The normalized spacial score (nSPS) is 11.3. The second-order valence-electron chi connectivity index (χ2n) is 7.60. The molecule has 2 aromatic rings. The Hall–Kier alpha value is -2.13. The lowest BCUT2D eigenvalue weighted by Gasteiger charge is -2.22. The summed E-state index contributed by atoms with van der Waals surface area (Å²) in [4.78, 5) is 21.4. The van der Waals surface area contributed by atoms with E-state index >= 15 is 0 Å². The summed E-state index contributed by atoms with van der Waals surface area (Å²) in [6.45, 7) is 7.91. The maximum atomic E-state index is 10.8. The molecule has 0 fully saturated rings. The van der Waals surface area contributed by atoms with Gasteiger partial charge in [-0.15, -0.1) is 0 Å². The topological polar surface area (TPSA) is 54.4 Å². The number of carbonyl (C=O) groups is 2. The van der Waals surface area contributed by atoms with Crippen LogP contribution in [-0.2, 0) is 20.4 Å². The third-order valence-corrected chi connectivity index (χ3v) is 4.42. The lowest BCUT2D eigenvalue weighted by atomic mass is 9.82. The molecule has 1 N–H and O–H groups in total. The highest BCUT2D eigenvalue weighted by Gasteiger charge is 2.23. The van der Waals surface area contributed by atoms with Crippen LogP contribution in [0.1, 0.15) is 51.7 Å². The Morgan fingerprint density at radius 2 is 1.12 bits per heavy atom. The lowest BCUT2D eigenvalue weighted by molar-refractivity contribution is -0.138. The minimum Gasteiger partial charge on any atom is -0.481 e. The number of hydrogen-bond acceptors (Lipinski definition) is 2. The van der Waals surface area contributed by atoms with E-state index in [-0.39, 0.29) is 22.5 Å². The summed E-state index contributed by atoms with van der Waals surface area (Å²) in [5.41, 5.74) is 1.76. The van der Waals surface area contributed by atoms with E-state index in [9.17, 15) is 9.59 Å². The molecule has 0 aliphatic carbocycles. The van der Waals surface area contributed by atoms with Crippen molar-refractivity contribution in [3.8, 4) is 0 Å². The van der Waals surface area contributed by atoms with E-state index in [1.165, 1.54) is 0 Å². The van der Waals surface area contributed by atoms with Gasteiger partial charge in [-0.3, -0.25) is 9.59 Å². The quantitative estimate of drug-likeness (QED) is 0.673. The van der Waals surface area contributed by atoms with Gasteiger partial charge in [0.2, 0.25) is 5.24 Å². The van der Waals surface area contributed by atoms with Gasteiger partial charge in [0.15, 0.2) is 0 Å². The van der Waals surface area contributed by atoms with Crippen LogP contribution in [0, 0.1) is 0 Å². The zero-order valence-corrected chi connectivity index (χ0v) is 16.6. The highest BCUT2D eigenvalue weighted by Crippen LogP contribution is 2.27. The Kier molecular flexibility index (Phi) is 8.04. The Morgan fingerprint density at radius 1 is 0.769 bits per heavy atom. The van der Waals surface area contributed by atoms with E-state index in [4.69, 9.17) is 16.7 Å². The summed E-state index contributed by atoms with van der Waals surface area (Å²) in [5, 5.41) is 8.43. The smallest absolute Gasteiger partial charge is 0.304 e. The number of benzene rings is 2. The molecule has 2 aromatic carbocycles. The van der Waals surface area contributed by atoms with Crippen molar-refractivity contribution in [2.45, 2.75) is 51.4 Å². The summed E-state index contributed by atoms with van der Waals surface area (Å²) < 4.78 is 0. The van der Waals surface area contributed by atoms with Gasteiger partial charge in [0.25, 0.3) is 0 Å². The van der Waals surface area contributed by atoms with Crippen molar-refractivity contribution in [3.05, 3.63) is 71.8 Å². The van der Waals surface area contributed by atoms with Gasteiger partial charge in [0, 0.05) is 11.8 Å². The second-order valence-corrected chi connectivity index (χ2v) is 8.02. The van der Waals surface area contributed by atoms with E-state index in [0.29, 0.717) is 6.42 Å². The number of halogens is 1. The molecule has 0 unspecified atom stereocenters. The summed E-state index contributed by atoms with van der Waals surface area (Å²) in [6.07, 6.45) is 0.537. The average Bonchev–Trinajstić information content (AvgIpc) is 2.55. The lowest BCUT2D eigenvalue weighted by Crippen LogP contribution is -2.21. The largest absolute Gasteiger partial charge is 0.481 e. The van der Waals surface area contributed by atoms with Gasteiger partial charge >= 0.3 is 5.97 Å². The van der Waals surface area contributed by atoms with Gasteiger partial charge in [0.1, 0.15) is 0 Å². The molecule has 3 nitrogen and oxygen atoms in total. The van der Waals surface area contributed by atoms with Gasteiger partial charge in [-0.2, -0.15) is 0 Å². The molecule has 0 bridgehead atoms. The SMILES string of the molecule is CC(C)(CC(=O)Cl)c1ccccc1.CC(C)(CC(=O)O)c1ccccc1. The molecule has 2 rings (SSSR count). The minimum absolute atomic E-state index is 0.164. The molecule has 0 radical (unpaired) electrons.